The van der Waals surface area contributed by atoms with Crippen LogP contribution in [0.1, 0.15) is 18.9 Å². The number of ether oxygens (including phenoxy) is 1. The van der Waals surface area contributed by atoms with Crippen LogP contribution in [0.5, 0.6) is 5.75 Å². The maximum Gasteiger partial charge on any atom is 0.118 e. The van der Waals surface area contributed by atoms with E-state index >= 15 is 0 Å². The van der Waals surface area contributed by atoms with Gasteiger partial charge in [-0.1, -0.05) is 36.4 Å². The number of methoxy groups -OCH3 is 1. The molecule has 0 heterocycles. The van der Waals surface area contributed by atoms with Gasteiger partial charge in [0.15, 0.2) is 0 Å². The molecule has 2 rings (SSSR count). The van der Waals surface area contributed by atoms with E-state index in [4.69, 9.17) is 16.3 Å². The molecule has 0 spiro atoms. The molecule has 112 valence electrons. The van der Waals surface area contributed by atoms with E-state index in [0.29, 0.717) is 0 Å². The van der Waals surface area contributed by atoms with Gasteiger partial charge in [-0.3, -0.25) is 0 Å². The summed E-state index contributed by atoms with van der Waals surface area (Å²) in [5, 5.41) is 4.18. The summed E-state index contributed by atoms with van der Waals surface area (Å²) in [6.07, 6.45) is 1.14. The molecule has 0 aliphatic heterocycles. The number of nitrogens with one attached hydrogen (secondary N) is 1. The van der Waals surface area contributed by atoms with Crippen molar-refractivity contribution in [3.63, 3.8) is 0 Å². The summed E-state index contributed by atoms with van der Waals surface area (Å²) in [5.41, 5.74) is 1.22. The summed E-state index contributed by atoms with van der Waals surface area (Å²) >= 11 is 8.04. The summed E-state index contributed by atoms with van der Waals surface area (Å²) in [6, 6.07) is 14.2. The normalized spacial score (nSPS) is 10.6. The zero-order chi connectivity index (χ0) is 15.1. The van der Waals surface area contributed by atoms with Crippen molar-refractivity contribution in [2.45, 2.75) is 29.7 Å². The lowest BCUT2D eigenvalue weighted by Crippen LogP contribution is -2.13. The van der Waals surface area contributed by atoms with E-state index in [2.05, 4.69) is 24.4 Å². The van der Waals surface area contributed by atoms with Crippen LogP contribution in [0.15, 0.2) is 52.3 Å². The Balaban J connectivity index is 2.02. The lowest BCUT2D eigenvalue weighted by atomic mass is 10.2. The predicted molar refractivity (Wildman–Crippen MR) is 90.6 cm³/mol. The summed E-state index contributed by atoms with van der Waals surface area (Å²) in [4.78, 5) is 2.22. The van der Waals surface area contributed by atoms with E-state index in [0.717, 1.165) is 40.1 Å². The van der Waals surface area contributed by atoms with Crippen LogP contribution >= 0.6 is 23.4 Å². The molecule has 0 unspecified atom stereocenters. The van der Waals surface area contributed by atoms with Crippen LogP contribution in [0.25, 0.3) is 0 Å². The lowest BCUT2D eigenvalue weighted by Gasteiger charge is -2.08. The molecule has 0 aliphatic carbocycles. The zero-order valence-corrected chi connectivity index (χ0v) is 13.9. The average molecular weight is 322 g/mol. The molecule has 0 saturated carbocycles. The van der Waals surface area contributed by atoms with Crippen LogP contribution in [-0.4, -0.2) is 13.7 Å². The van der Waals surface area contributed by atoms with Gasteiger partial charge in [0, 0.05) is 16.3 Å². The zero-order valence-electron chi connectivity index (χ0n) is 12.4. The summed E-state index contributed by atoms with van der Waals surface area (Å²) in [7, 11) is 1.67. The highest BCUT2D eigenvalue weighted by atomic mass is 35.5. The Morgan fingerprint density at radius 3 is 2.52 bits per heavy atom. The number of rotatable bonds is 7. The van der Waals surface area contributed by atoms with Gasteiger partial charge in [0.1, 0.15) is 5.75 Å². The van der Waals surface area contributed by atoms with Crippen molar-refractivity contribution >= 4 is 23.4 Å². The van der Waals surface area contributed by atoms with Gasteiger partial charge in [0.05, 0.1) is 12.1 Å². The third-order valence-electron chi connectivity index (χ3n) is 3.04. The van der Waals surface area contributed by atoms with Gasteiger partial charge in [0.2, 0.25) is 0 Å². The molecule has 0 aromatic heterocycles. The summed E-state index contributed by atoms with van der Waals surface area (Å²) in [5.74, 6) is 0.864. The van der Waals surface area contributed by atoms with Gasteiger partial charge in [-0.25, -0.2) is 0 Å². The fraction of sp³-hybridized carbons (Fsp3) is 0.294. The second-order valence-electron chi connectivity index (χ2n) is 4.72. The minimum Gasteiger partial charge on any atom is -0.497 e. The van der Waals surface area contributed by atoms with Crippen molar-refractivity contribution in [3.8, 4) is 5.75 Å². The Kier molecular flexibility index (Phi) is 6.43. The van der Waals surface area contributed by atoms with Crippen molar-refractivity contribution < 1.29 is 4.74 Å². The molecule has 2 aromatic rings. The van der Waals surface area contributed by atoms with Crippen molar-refractivity contribution in [1.82, 2.24) is 5.32 Å². The second-order valence-corrected chi connectivity index (χ2v) is 6.24. The molecule has 0 radical (unpaired) electrons. The van der Waals surface area contributed by atoms with Gasteiger partial charge >= 0.3 is 0 Å². The molecule has 0 saturated heterocycles. The molecule has 0 amide bonds. The molecule has 0 atom stereocenters. The van der Waals surface area contributed by atoms with Crippen molar-refractivity contribution in [3.05, 3.63) is 53.1 Å². The van der Waals surface area contributed by atoms with Crippen LogP contribution in [0.3, 0.4) is 0 Å². The van der Waals surface area contributed by atoms with E-state index in [1.165, 1.54) is 5.56 Å². The van der Waals surface area contributed by atoms with Crippen LogP contribution < -0.4 is 10.1 Å². The highest BCUT2D eigenvalue weighted by Crippen LogP contribution is 2.34. The Bertz CT molecular complexity index is 572. The summed E-state index contributed by atoms with van der Waals surface area (Å²) in [6.45, 7) is 4.05. The quantitative estimate of drug-likeness (QED) is 0.725. The topological polar surface area (TPSA) is 21.3 Å². The molecule has 0 fully saturated rings. The van der Waals surface area contributed by atoms with Crippen LogP contribution in [0.4, 0.5) is 0 Å². The van der Waals surface area contributed by atoms with Gasteiger partial charge < -0.3 is 10.1 Å². The van der Waals surface area contributed by atoms with Crippen LogP contribution in [-0.2, 0) is 6.54 Å². The SMILES string of the molecule is CCCNCc1ccc(Sc2ccc(OC)cc2)c(Cl)c1. The van der Waals surface area contributed by atoms with Crippen LogP contribution in [0.2, 0.25) is 5.02 Å². The summed E-state index contributed by atoms with van der Waals surface area (Å²) < 4.78 is 5.16. The molecule has 2 nitrogen and oxygen atoms in total. The standard InChI is InChI=1S/C17H20ClNOS/c1-3-10-19-12-13-4-9-17(16(18)11-13)21-15-7-5-14(20-2)6-8-15/h4-9,11,19H,3,10,12H2,1-2H3. The smallest absolute Gasteiger partial charge is 0.118 e. The fourth-order valence-corrected chi connectivity index (χ4v) is 3.05. The third kappa shape index (κ3) is 4.95. The molecular formula is C17H20ClNOS. The lowest BCUT2D eigenvalue weighted by molar-refractivity contribution is 0.414. The first kappa shape index (κ1) is 16.2. The van der Waals surface area contributed by atoms with E-state index in [-0.39, 0.29) is 0 Å². The molecular weight excluding hydrogens is 302 g/mol. The van der Waals surface area contributed by atoms with Gasteiger partial charge in [-0.15, -0.1) is 0 Å². The largest absolute Gasteiger partial charge is 0.497 e. The molecule has 2 aromatic carbocycles. The molecule has 21 heavy (non-hydrogen) atoms. The third-order valence-corrected chi connectivity index (χ3v) is 4.55. The first-order valence-corrected chi connectivity index (χ1v) is 8.23. The number of hydrogen-bond acceptors (Lipinski definition) is 3. The maximum atomic E-state index is 6.38. The Labute approximate surface area is 135 Å². The Morgan fingerprint density at radius 2 is 1.90 bits per heavy atom. The Hall–Kier alpha value is -1.16. The number of halogens is 1. The number of benzene rings is 2. The first-order chi connectivity index (χ1) is 10.2. The van der Waals surface area contributed by atoms with Crippen molar-refractivity contribution in [1.29, 1.82) is 0 Å². The van der Waals surface area contributed by atoms with Gasteiger partial charge in [0.25, 0.3) is 0 Å². The minimum atomic E-state index is 0.798. The predicted octanol–water partition coefficient (Wildman–Crippen LogP) is 5.00. The van der Waals surface area contributed by atoms with Crippen molar-refractivity contribution in [2.24, 2.45) is 0 Å². The van der Waals surface area contributed by atoms with Crippen molar-refractivity contribution in [2.75, 3.05) is 13.7 Å². The van der Waals surface area contributed by atoms with E-state index in [1.807, 2.05) is 30.3 Å². The maximum absolute atomic E-state index is 6.38. The average Bonchev–Trinajstić information content (AvgIpc) is 2.51. The van der Waals surface area contributed by atoms with Gasteiger partial charge in [-0.2, -0.15) is 0 Å². The monoisotopic (exact) mass is 321 g/mol. The molecule has 0 aliphatic rings. The van der Waals surface area contributed by atoms with E-state index < -0.39 is 0 Å². The van der Waals surface area contributed by atoms with Crippen LogP contribution in [0, 0.1) is 0 Å². The molecule has 0 bridgehead atoms. The molecule has 1 N–H and O–H groups in total. The van der Waals surface area contributed by atoms with E-state index in [9.17, 15) is 0 Å². The fourth-order valence-electron chi connectivity index (χ4n) is 1.92. The Morgan fingerprint density at radius 1 is 1.14 bits per heavy atom. The highest BCUT2D eigenvalue weighted by molar-refractivity contribution is 7.99. The minimum absolute atomic E-state index is 0.798. The molecule has 4 heteroatoms. The van der Waals surface area contributed by atoms with Gasteiger partial charge in [-0.05, 0) is 54.9 Å². The first-order valence-electron chi connectivity index (χ1n) is 7.04. The van der Waals surface area contributed by atoms with E-state index in [1.54, 1.807) is 18.9 Å². The highest BCUT2D eigenvalue weighted by Gasteiger charge is 2.04. The second kappa shape index (κ2) is 8.32. The number of hydrogen-bond donors (Lipinski definition) is 1.